The van der Waals surface area contributed by atoms with E-state index in [9.17, 15) is 0 Å². The predicted molar refractivity (Wildman–Crippen MR) is 132 cm³/mol. The Bertz CT molecular complexity index is 788. The van der Waals surface area contributed by atoms with Gasteiger partial charge in [0.25, 0.3) is 0 Å². The number of nitrogens with one attached hydrogen (secondary N) is 2. The number of nitrogens with zero attached hydrogens (tertiary/aromatic N) is 2. The second kappa shape index (κ2) is 13.4. The summed E-state index contributed by atoms with van der Waals surface area (Å²) in [7, 11) is 1.78. The molecule has 1 heterocycles. The molecule has 168 valence electrons. The third-order valence-corrected chi connectivity index (χ3v) is 4.69. The summed E-state index contributed by atoms with van der Waals surface area (Å²) < 4.78 is 16.6. The molecule has 0 saturated heterocycles. The first kappa shape index (κ1) is 26.1. The topological polar surface area (TPSA) is 80.9 Å². The summed E-state index contributed by atoms with van der Waals surface area (Å²) in [6.45, 7) is 12.8. The molecule has 0 bridgehead atoms. The summed E-state index contributed by atoms with van der Waals surface area (Å²) in [5, 5.41) is 10.8. The highest BCUT2D eigenvalue weighted by atomic mass is 127. The van der Waals surface area contributed by atoms with Crippen LogP contribution >= 0.6 is 24.0 Å². The molecule has 1 unspecified atom stereocenters. The van der Waals surface area contributed by atoms with Crippen LogP contribution in [0.4, 0.5) is 0 Å². The highest BCUT2D eigenvalue weighted by molar-refractivity contribution is 14.0. The van der Waals surface area contributed by atoms with Gasteiger partial charge in [-0.2, -0.15) is 0 Å². The lowest BCUT2D eigenvalue weighted by atomic mass is 10.00. The van der Waals surface area contributed by atoms with Crippen LogP contribution in [0.1, 0.15) is 49.3 Å². The highest BCUT2D eigenvalue weighted by Gasteiger charge is 2.16. The van der Waals surface area contributed by atoms with Gasteiger partial charge in [0.05, 0.1) is 18.9 Å². The molecule has 2 rings (SSSR count). The van der Waals surface area contributed by atoms with Crippen LogP contribution in [-0.2, 0) is 6.42 Å². The van der Waals surface area contributed by atoms with E-state index in [1.807, 2.05) is 39.8 Å². The quantitative estimate of drug-likeness (QED) is 0.272. The maximum Gasteiger partial charge on any atom is 0.191 e. The largest absolute Gasteiger partial charge is 0.490 e. The minimum atomic E-state index is 0. The molecule has 0 aliphatic carbocycles. The molecule has 0 aliphatic rings. The van der Waals surface area contributed by atoms with E-state index in [1.165, 1.54) is 5.56 Å². The molecule has 2 N–H and O–H groups in total. The van der Waals surface area contributed by atoms with Crippen LogP contribution in [0, 0.1) is 13.8 Å². The second-order valence-electron chi connectivity index (χ2n) is 6.92. The van der Waals surface area contributed by atoms with Crippen molar-refractivity contribution in [3.8, 4) is 11.5 Å². The molecule has 0 fully saturated rings. The predicted octanol–water partition coefficient (Wildman–Crippen LogP) is 4.22. The van der Waals surface area contributed by atoms with E-state index in [2.05, 4.69) is 33.8 Å². The molecule has 0 saturated carbocycles. The number of rotatable bonds is 10. The number of aryl methyl sites for hydroxylation is 2. The van der Waals surface area contributed by atoms with Crippen molar-refractivity contribution in [3.05, 3.63) is 40.8 Å². The summed E-state index contributed by atoms with van der Waals surface area (Å²) >= 11 is 0. The van der Waals surface area contributed by atoms with Crippen LogP contribution in [0.15, 0.2) is 27.7 Å². The van der Waals surface area contributed by atoms with Gasteiger partial charge >= 0.3 is 0 Å². The third kappa shape index (κ3) is 7.37. The monoisotopic (exact) mass is 530 g/mol. The van der Waals surface area contributed by atoms with Crippen molar-refractivity contribution in [2.75, 3.05) is 33.4 Å². The van der Waals surface area contributed by atoms with Crippen LogP contribution in [0.5, 0.6) is 11.5 Å². The van der Waals surface area contributed by atoms with Crippen LogP contribution in [0.3, 0.4) is 0 Å². The molecule has 0 radical (unpaired) electrons. The fraction of sp³-hybridized carbons (Fsp3) is 0.545. The Kier molecular flexibility index (Phi) is 11.6. The average molecular weight is 530 g/mol. The summed E-state index contributed by atoms with van der Waals surface area (Å²) in [5.41, 5.74) is 3.29. The van der Waals surface area contributed by atoms with Gasteiger partial charge in [-0.3, -0.25) is 4.99 Å². The van der Waals surface area contributed by atoms with Gasteiger partial charge in [-0.05, 0) is 51.8 Å². The number of hydrogen-bond acceptors (Lipinski definition) is 5. The molecule has 0 aliphatic heterocycles. The number of ether oxygens (including phenoxy) is 2. The normalized spacial score (nSPS) is 12.1. The van der Waals surface area contributed by atoms with E-state index in [0.717, 1.165) is 54.0 Å². The van der Waals surface area contributed by atoms with Crippen molar-refractivity contribution in [2.45, 2.75) is 47.0 Å². The van der Waals surface area contributed by atoms with Crippen molar-refractivity contribution < 1.29 is 14.0 Å². The summed E-state index contributed by atoms with van der Waals surface area (Å²) in [6.07, 6.45) is 0.854. The van der Waals surface area contributed by atoms with E-state index in [0.29, 0.717) is 13.2 Å². The summed E-state index contributed by atoms with van der Waals surface area (Å²) in [6, 6.07) is 6.10. The fourth-order valence-corrected chi connectivity index (χ4v) is 3.34. The van der Waals surface area contributed by atoms with E-state index < -0.39 is 0 Å². The number of aromatic nitrogens is 1. The second-order valence-corrected chi connectivity index (χ2v) is 6.92. The van der Waals surface area contributed by atoms with Crippen LogP contribution in [0.2, 0.25) is 0 Å². The van der Waals surface area contributed by atoms with Crippen molar-refractivity contribution in [2.24, 2.45) is 4.99 Å². The zero-order valence-electron chi connectivity index (χ0n) is 18.9. The maximum atomic E-state index is 5.70. The minimum absolute atomic E-state index is 0. The van der Waals surface area contributed by atoms with Gasteiger partial charge < -0.3 is 24.6 Å². The van der Waals surface area contributed by atoms with Crippen LogP contribution in [0.25, 0.3) is 0 Å². The standard InChI is InChI=1S/C22H34N4O3.HI/c1-7-27-19-10-9-18(13-20(19)28-8-2)11-12-24-22(23-6)25-14-15(3)21-16(4)26-29-17(21)5;/h9-10,13,15H,7-8,11-12,14H2,1-6H3,(H2,23,24,25);1H. The summed E-state index contributed by atoms with van der Waals surface area (Å²) in [5.74, 6) is 3.51. The van der Waals surface area contributed by atoms with E-state index in [4.69, 9.17) is 14.0 Å². The van der Waals surface area contributed by atoms with E-state index in [-0.39, 0.29) is 29.9 Å². The van der Waals surface area contributed by atoms with Gasteiger partial charge in [-0.1, -0.05) is 18.1 Å². The molecule has 2 aromatic rings. The minimum Gasteiger partial charge on any atom is -0.490 e. The first-order chi connectivity index (χ1) is 14.0. The van der Waals surface area contributed by atoms with Gasteiger partial charge in [-0.25, -0.2) is 0 Å². The van der Waals surface area contributed by atoms with Crippen molar-refractivity contribution in [1.29, 1.82) is 0 Å². The average Bonchev–Trinajstić information content (AvgIpc) is 3.04. The van der Waals surface area contributed by atoms with Gasteiger partial charge in [0.15, 0.2) is 17.5 Å². The number of benzene rings is 1. The Morgan fingerprint density at radius 1 is 1.13 bits per heavy atom. The number of aliphatic imine (C=N–C) groups is 1. The fourth-order valence-electron chi connectivity index (χ4n) is 3.34. The molecule has 1 aromatic heterocycles. The molecule has 30 heavy (non-hydrogen) atoms. The number of guanidine groups is 1. The van der Waals surface area contributed by atoms with Gasteiger partial charge in [-0.15, -0.1) is 24.0 Å². The Morgan fingerprint density at radius 2 is 1.83 bits per heavy atom. The molecular weight excluding hydrogens is 495 g/mol. The molecule has 8 heteroatoms. The van der Waals surface area contributed by atoms with E-state index >= 15 is 0 Å². The van der Waals surface area contributed by atoms with Crippen molar-refractivity contribution >= 4 is 29.9 Å². The molecular formula is C22H35IN4O3. The van der Waals surface area contributed by atoms with E-state index in [1.54, 1.807) is 7.05 Å². The molecule has 1 atom stereocenters. The number of hydrogen-bond donors (Lipinski definition) is 2. The Morgan fingerprint density at radius 3 is 2.43 bits per heavy atom. The highest BCUT2D eigenvalue weighted by Crippen LogP contribution is 2.28. The summed E-state index contributed by atoms with van der Waals surface area (Å²) in [4.78, 5) is 4.31. The lowest BCUT2D eigenvalue weighted by Gasteiger charge is -2.16. The van der Waals surface area contributed by atoms with Crippen molar-refractivity contribution in [3.63, 3.8) is 0 Å². The molecule has 0 spiro atoms. The Labute approximate surface area is 197 Å². The lowest BCUT2D eigenvalue weighted by molar-refractivity contribution is 0.287. The van der Waals surface area contributed by atoms with Crippen molar-refractivity contribution in [1.82, 2.24) is 15.8 Å². The molecule has 1 aromatic carbocycles. The SMILES string of the molecule is CCOc1ccc(CCNC(=NC)NCC(C)c2c(C)noc2C)cc1OCC.I. The molecule has 0 amide bonds. The Hall–Kier alpha value is -1.97. The molecule has 7 nitrogen and oxygen atoms in total. The first-order valence-electron chi connectivity index (χ1n) is 10.3. The maximum absolute atomic E-state index is 5.70. The van der Waals surface area contributed by atoms with Gasteiger partial charge in [0, 0.05) is 31.6 Å². The lowest BCUT2D eigenvalue weighted by Crippen LogP contribution is -2.40. The van der Waals surface area contributed by atoms with Gasteiger partial charge in [0.1, 0.15) is 5.76 Å². The smallest absolute Gasteiger partial charge is 0.191 e. The Balaban J connectivity index is 0.00000450. The van der Waals surface area contributed by atoms with Crippen LogP contribution in [-0.4, -0.2) is 44.5 Å². The number of halogens is 1. The third-order valence-electron chi connectivity index (χ3n) is 4.69. The van der Waals surface area contributed by atoms with Gasteiger partial charge in [0.2, 0.25) is 0 Å². The first-order valence-corrected chi connectivity index (χ1v) is 10.3. The van der Waals surface area contributed by atoms with Crippen LogP contribution < -0.4 is 20.1 Å². The zero-order valence-corrected chi connectivity index (χ0v) is 21.2. The zero-order chi connectivity index (χ0) is 21.2.